The zero-order valence-electron chi connectivity index (χ0n) is 11.8. The molecule has 0 aromatic heterocycles. The van der Waals surface area contributed by atoms with E-state index in [9.17, 15) is 4.79 Å². The molecule has 1 aromatic rings. The van der Waals surface area contributed by atoms with Crippen LogP contribution in [0.4, 0.5) is 0 Å². The van der Waals surface area contributed by atoms with E-state index in [4.69, 9.17) is 15.6 Å². The summed E-state index contributed by atoms with van der Waals surface area (Å²) in [7, 11) is 1.66. The smallest absolute Gasteiger partial charge is 0.241 e. The maximum absolute atomic E-state index is 11.9. The first-order chi connectivity index (χ1) is 9.65. The highest BCUT2D eigenvalue weighted by molar-refractivity contribution is 5.81. The normalized spacial score (nSPS) is 17.9. The zero-order chi connectivity index (χ0) is 14.5. The molecule has 110 valence electrons. The van der Waals surface area contributed by atoms with Crippen LogP contribution in [0.25, 0.3) is 0 Å². The van der Waals surface area contributed by atoms with Crippen LogP contribution in [0.1, 0.15) is 24.3 Å². The standard InChI is InChI=1S/C15H22N2O3/c1-20-13-4-2-3-12(9-13)11-5-7-17(8-6-11)15(19)14(16)10-18/h2-4,9,11,14,18H,5-8,10,16H2,1H3. The third-order valence-corrected chi connectivity index (χ3v) is 3.89. The van der Waals surface area contributed by atoms with Gasteiger partial charge in [-0.3, -0.25) is 4.79 Å². The number of methoxy groups -OCH3 is 1. The van der Waals surface area contributed by atoms with Crippen molar-refractivity contribution >= 4 is 5.91 Å². The average Bonchev–Trinajstić information content (AvgIpc) is 2.53. The Morgan fingerprint density at radius 1 is 1.50 bits per heavy atom. The zero-order valence-corrected chi connectivity index (χ0v) is 11.8. The Hall–Kier alpha value is -1.59. The second-order valence-electron chi connectivity index (χ2n) is 5.17. The number of nitrogens with two attached hydrogens (primary N) is 1. The molecule has 3 N–H and O–H groups in total. The number of carbonyl (C=O) groups is 1. The number of aliphatic hydroxyl groups is 1. The molecule has 0 saturated carbocycles. The SMILES string of the molecule is COc1cccc(C2CCN(C(=O)C(N)CO)CC2)c1. The van der Waals surface area contributed by atoms with Crippen molar-refractivity contribution in [2.24, 2.45) is 5.73 Å². The number of likely N-dealkylation sites (tertiary alicyclic amines) is 1. The monoisotopic (exact) mass is 278 g/mol. The maximum atomic E-state index is 11.9. The minimum absolute atomic E-state index is 0.156. The molecule has 1 aliphatic rings. The number of nitrogens with zero attached hydrogens (tertiary/aromatic N) is 1. The van der Waals surface area contributed by atoms with Crippen molar-refractivity contribution in [1.29, 1.82) is 0 Å². The number of piperidine rings is 1. The van der Waals surface area contributed by atoms with Gasteiger partial charge >= 0.3 is 0 Å². The van der Waals surface area contributed by atoms with E-state index in [1.54, 1.807) is 12.0 Å². The lowest BCUT2D eigenvalue weighted by Gasteiger charge is -2.33. The Morgan fingerprint density at radius 3 is 2.80 bits per heavy atom. The van der Waals surface area contributed by atoms with Crippen molar-refractivity contribution in [1.82, 2.24) is 4.90 Å². The molecule has 1 saturated heterocycles. The average molecular weight is 278 g/mol. The summed E-state index contributed by atoms with van der Waals surface area (Å²) in [6.45, 7) is 1.08. The number of benzene rings is 1. The van der Waals surface area contributed by atoms with E-state index in [1.807, 2.05) is 12.1 Å². The van der Waals surface area contributed by atoms with E-state index in [2.05, 4.69) is 12.1 Å². The Labute approximate surface area is 119 Å². The van der Waals surface area contributed by atoms with Crippen molar-refractivity contribution < 1.29 is 14.6 Å². The lowest BCUT2D eigenvalue weighted by atomic mass is 9.89. The van der Waals surface area contributed by atoms with E-state index in [0.29, 0.717) is 19.0 Å². The summed E-state index contributed by atoms with van der Waals surface area (Å²) in [5.41, 5.74) is 6.83. The molecule has 1 aromatic carbocycles. The first-order valence-corrected chi connectivity index (χ1v) is 6.95. The second-order valence-corrected chi connectivity index (χ2v) is 5.17. The van der Waals surface area contributed by atoms with E-state index in [1.165, 1.54) is 5.56 Å². The quantitative estimate of drug-likeness (QED) is 0.851. The minimum atomic E-state index is -0.789. The van der Waals surface area contributed by atoms with Gasteiger partial charge in [0, 0.05) is 13.1 Å². The van der Waals surface area contributed by atoms with Crippen molar-refractivity contribution in [3.8, 4) is 5.75 Å². The third-order valence-electron chi connectivity index (χ3n) is 3.89. The van der Waals surface area contributed by atoms with Crippen molar-refractivity contribution in [3.63, 3.8) is 0 Å². The van der Waals surface area contributed by atoms with Crippen molar-refractivity contribution in [2.75, 3.05) is 26.8 Å². The van der Waals surface area contributed by atoms with E-state index < -0.39 is 6.04 Å². The minimum Gasteiger partial charge on any atom is -0.497 e. The first kappa shape index (κ1) is 14.8. The largest absolute Gasteiger partial charge is 0.497 e. The Kier molecular flexibility index (Phi) is 4.98. The Balaban J connectivity index is 1.95. The summed E-state index contributed by atoms with van der Waals surface area (Å²) in [6, 6.07) is 7.30. The van der Waals surface area contributed by atoms with Gasteiger partial charge in [-0.1, -0.05) is 12.1 Å². The lowest BCUT2D eigenvalue weighted by molar-refractivity contribution is -0.134. The summed E-state index contributed by atoms with van der Waals surface area (Å²) in [6.07, 6.45) is 1.83. The van der Waals surface area contributed by atoms with Crippen LogP contribution in [0.15, 0.2) is 24.3 Å². The van der Waals surface area contributed by atoms with E-state index in [-0.39, 0.29) is 12.5 Å². The summed E-state index contributed by atoms with van der Waals surface area (Å²) < 4.78 is 5.24. The molecule has 0 radical (unpaired) electrons. The van der Waals surface area contributed by atoms with Crippen molar-refractivity contribution in [2.45, 2.75) is 24.8 Å². The fourth-order valence-corrected chi connectivity index (χ4v) is 2.64. The summed E-state index contributed by atoms with van der Waals surface area (Å²) in [5.74, 6) is 1.15. The van der Waals surface area contributed by atoms with E-state index >= 15 is 0 Å². The van der Waals surface area contributed by atoms with Crippen molar-refractivity contribution in [3.05, 3.63) is 29.8 Å². The van der Waals surface area contributed by atoms with Gasteiger partial charge in [-0.2, -0.15) is 0 Å². The molecule has 2 rings (SSSR count). The molecular formula is C15H22N2O3. The number of hydrogen-bond donors (Lipinski definition) is 2. The Morgan fingerprint density at radius 2 is 2.20 bits per heavy atom. The molecule has 1 heterocycles. The molecule has 5 heteroatoms. The first-order valence-electron chi connectivity index (χ1n) is 6.95. The van der Waals surface area contributed by atoms with Gasteiger partial charge in [-0.05, 0) is 36.5 Å². The van der Waals surface area contributed by atoms with Crippen LogP contribution < -0.4 is 10.5 Å². The van der Waals surface area contributed by atoms with Gasteiger partial charge in [0.15, 0.2) is 0 Å². The molecule has 20 heavy (non-hydrogen) atoms. The number of amides is 1. The van der Waals surface area contributed by atoms with Gasteiger partial charge in [-0.15, -0.1) is 0 Å². The van der Waals surface area contributed by atoms with Crippen LogP contribution in [0, 0.1) is 0 Å². The van der Waals surface area contributed by atoms with Gasteiger partial charge in [0.2, 0.25) is 5.91 Å². The molecule has 5 nitrogen and oxygen atoms in total. The number of rotatable bonds is 4. The molecule has 0 bridgehead atoms. The molecule has 1 aliphatic heterocycles. The fraction of sp³-hybridized carbons (Fsp3) is 0.533. The van der Waals surface area contributed by atoms with Crippen LogP contribution >= 0.6 is 0 Å². The predicted molar refractivity (Wildman–Crippen MR) is 76.6 cm³/mol. The highest BCUT2D eigenvalue weighted by Gasteiger charge is 2.26. The number of carbonyl (C=O) groups excluding carboxylic acids is 1. The van der Waals surface area contributed by atoms with E-state index in [0.717, 1.165) is 18.6 Å². The van der Waals surface area contributed by atoms with Gasteiger partial charge in [-0.25, -0.2) is 0 Å². The Bertz CT molecular complexity index is 456. The summed E-state index contributed by atoms with van der Waals surface area (Å²) >= 11 is 0. The molecule has 1 fully saturated rings. The summed E-state index contributed by atoms with van der Waals surface area (Å²) in [4.78, 5) is 13.6. The van der Waals surface area contributed by atoms with Crippen LogP contribution in [-0.2, 0) is 4.79 Å². The number of hydrogen-bond acceptors (Lipinski definition) is 4. The third kappa shape index (κ3) is 3.29. The molecular weight excluding hydrogens is 256 g/mol. The fourth-order valence-electron chi connectivity index (χ4n) is 2.64. The van der Waals surface area contributed by atoms with Crippen LogP contribution in [0.5, 0.6) is 5.75 Å². The molecule has 0 aliphatic carbocycles. The molecule has 1 atom stereocenters. The maximum Gasteiger partial charge on any atom is 0.241 e. The topological polar surface area (TPSA) is 75.8 Å². The number of aliphatic hydroxyl groups excluding tert-OH is 1. The highest BCUT2D eigenvalue weighted by atomic mass is 16.5. The van der Waals surface area contributed by atoms with Gasteiger partial charge in [0.1, 0.15) is 11.8 Å². The molecule has 1 unspecified atom stereocenters. The number of ether oxygens (including phenoxy) is 1. The summed E-state index contributed by atoms with van der Waals surface area (Å²) in [5, 5.41) is 8.94. The molecule has 1 amide bonds. The predicted octanol–water partition coefficient (Wildman–Crippen LogP) is 0.721. The lowest BCUT2D eigenvalue weighted by Crippen LogP contribution is -2.48. The van der Waals surface area contributed by atoms with Gasteiger partial charge in [0.05, 0.1) is 13.7 Å². The van der Waals surface area contributed by atoms with Gasteiger partial charge in [0.25, 0.3) is 0 Å². The second kappa shape index (κ2) is 6.72. The van der Waals surface area contributed by atoms with Crippen LogP contribution in [0.2, 0.25) is 0 Å². The van der Waals surface area contributed by atoms with Crippen LogP contribution in [0.3, 0.4) is 0 Å². The van der Waals surface area contributed by atoms with Gasteiger partial charge < -0.3 is 20.5 Å². The highest BCUT2D eigenvalue weighted by Crippen LogP contribution is 2.30. The molecule has 0 spiro atoms. The van der Waals surface area contributed by atoms with Crippen LogP contribution in [-0.4, -0.2) is 48.8 Å².